The number of halogens is 2. The van der Waals surface area contributed by atoms with Crippen LogP contribution in [-0.2, 0) is 0 Å². The Balaban J connectivity index is 3.13. The molecule has 4 N–H and O–H groups in total. The number of hydrogen-bond donors (Lipinski definition) is 2. The number of amides is 1. The van der Waals surface area contributed by atoms with E-state index in [9.17, 15) is 9.18 Å². The van der Waals surface area contributed by atoms with E-state index < -0.39 is 17.7 Å². The van der Waals surface area contributed by atoms with Crippen LogP contribution < -0.4 is 16.2 Å². The topological polar surface area (TPSA) is 78.3 Å². The van der Waals surface area contributed by atoms with Gasteiger partial charge in [0.25, 0.3) is 0 Å². The van der Waals surface area contributed by atoms with E-state index in [-0.39, 0.29) is 10.7 Å². The molecule has 0 radical (unpaired) electrons. The molecule has 0 fully saturated rings. The molecule has 0 saturated heterocycles. The van der Waals surface area contributed by atoms with Gasteiger partial charge in [-0.1, -0.05) is 11.6 Å². The standard InChI is InChI=1S/C7H6ClFN2O2/c8-3-1-4(9)6(5(10)2-3)13-7(11)12/h1-2H,10H2,(H2,11,12). The van der Waals surface area contributed by atoms with Crippen LogP contribution in [0.4, 0.5) is 14.9 Å². The number of benzene rings is 1. The molecular formula is C7H6ClFN2O2. The van der Waals surface area contributed by atoms with E-state index in [0.717, 1.165) is 6.07 Å². The Morgan fingerprint density at radius 2 is 2.15 bits per heavy atom. The zero-order valence-electron chi connectivity index (χ0n) is 6.38. The van der Waals surface area contributed by atoms with Gasteiger partial charge in [0.15, 0.2) is 11.6 Å². The van der Waals surface area contributed by atoms with Gasteiger partial charge in [-0.25, -0.2) is 9.18 Å². The van der Waals surface area contributed by atoms with Gasteiger partial charge in [0.2, 0.25) is 0 Å². The maximum Gasteiger partial charge on any atom is 0.410 e. The van der Waals surface area contributed by atoms with Crippen molar-refractivity contribution in [3.05, 3.63) is 23.0 Å². The molecular weight excluding hydrogens is 199 g/mol. The minimum Gasteiger partial charge on any atom is -0.405 e. The molecule has 1 amide bonds. The summed E-state index contributed by atoms with van der Waals surface area (Å²) in [5, 5.41) is 0.117. The Labute approximate surface area is 78.2 Å². The van der Waals surface area contributed by atoms with Gasteiger partial charge in [0, 0.05) is 5.02 Å². The molecule has 6 heteroatoms. The highest BCUT2D eigenvalue weighted by Gasteiger charge is 2.11. The molecule has 0 aliphatic rings. The van der Waals surface area contributed by atoms with Crippen molar-refractivity contribution < 1.29 is 13.9 Å². The third-order valence-corrected chi connectivity index (χ3v) is 1.46. The summed E-state index contributed by atoms with van der Waals surface area (Å²) in [4.78, 5) is 10.3. The first-order valence-electron chi connectivity index (χ1n) is 3.22. The van der Waals surface area contributed by atoms with Crippen LogP contribution in [-0.4, -0.2) is 6.09 Å². The predicted octanol–water partition coefficient (Wildman–Crippen LogP) is 1.52. The molecule has 4 nitrogen and oxygen atoms in total. The second kappa shape index (κ2) is 3.49. The highest BCUT2D eigenvalue weighted by Crippen LogP contribution is 2.28. The Bertz CT molecular complexity index is 333. The zero-order chi connectivity index (χ0) is 10.0. The highest BCUT2D eigenvalue weighted by molar-refractivity contribution is 6.30. The van der Waals surface area contributed by atoms with E-state index in [2.05, 4.69) is 10.5 Å². The zero-order valence-corrected chi connectivity index (χ0v) is 7.14. The number of carbonyl (C=O) groups excluding carboxylic acids is 1. The summed E-state index contributed by atoms with van der Waals surface area (Å²) in [6.45, 7) is 0. The average molecular weight is 205 g/mol. The van der Waals surface area contributed by atoms with E-state index in [1.807, 2.05) is 0 Å². The third-order valence-electron chi connectivity index (χ3n) is 1.24. The van der Waals surface area contributed by atoms with Crippen LogP contribution >= 0.6 is 11.6 Å². The number of nitrogen functional groups attached to an aromatic ring is 1. The lowest BCUT2D eigenvalue weighted by Gasteiger charge is -2.05. The van der Waals surface area contributed by atoms with Crippen molar-refractivity contribution >= 4 is 23.4 Å². The second-order valence-corrected chi connectivity index (χ2v) is 2.66. The van der Waals surface area contributed by atoms with E-state index >= 15 is 0 Å². The van der Waals surface area contributed by atoms with Crippen LogP contribution in [0.5, 0.6) is 5.75 Å². The van der Waals surface area contributed by atoms with Crippen LogP contribution in [0.1, 0.15) is 0 Å². The van der Waals surface area contributed by atoms with Crippen molar-refractivity contribution in [1.29, 1.82) is 0 Å². The first kappa shape index (κ1) is 9.60. The normalized spacial score (nSPS) is 9.69. The Hall–Kier alpha value is -1.49. The molecule has 1 rings (SSSR count). The lowest BCUT2D eigenvalue weighted by Crippen LogP contribution is -2.17. The maximum atomic E-state index is 13.0. The fraction of sp³-hybridized carbons (Fsp3) is 0. The summed E-state index contributed by atoms with van der Waals surface area (Å²) in [5.74, 6) is -1.24. The highest BCUT2D eigenvalue weighted by atomic mass is 35.5. The maximum absolute atomic E-state index is 13.0. The molecule has 0 saturated carbocycles. The van der Waals surface area contributed by atoms with Crippen LogP contribution in [0.15, 0.2) is 12.1 Å². The fourth-order valence-electron chi connectivity index (χ4n) is 0.789. The summed E-state index contributed by atoms with van der Waals surface area (Å²) in [7, 11) is 0. The van der Waals surface area contributed by atoms with Crippen molar-refractivity contribution in [3.8, 4) is 5.75 Å². The van der Waals surface area contributed by atoms with E-state index in [4.69, 9.17) is 17.3 Å². The minimum absolute atomic E-state index is 0.0798. The molecule has 0 aromatic heterocycles. The summed E-state index contributed by atoms with van der Waals surface area (Å²) in [6.07, 6.45) is -1.13. The number of anilines is 1. The molecule has 1 aromatic carbocycles. The fourth-order valence-corrected chi connectivity index (χ4v) is 1.00. The number of nitrogens with two attached hydrogens (primary N) is 2. The van der Waals surface area contributed by atoms with Crippen molar-refractivity contribution in [2.45, 2.75) is 0 Å². The first-order chi connectivity index (χ1) is 6.00. The lowest BCUT2D eigenvalue weighted by atomic mass is 10.3. The molecule has 0 unspecified atom stereocenters. The number of hydrogen-bond acceptors (Lipinski definition) is 3. The average Bonchev–Trinajstić information content (AvgIpc) is 1.96. The Kier molecular flexibility index (Phi) is 2.57. The molecule has 1 aromatic rings. The van der Waals surface area contributed by atoms with Crippen molar-refractivity contribution in [3.63, 3.8) is 0 Å². The minimum atomic E-state index is -1.13. The van der Waals surface area contributed by atoms with Gasteiger partial charge in [0.05, 0.1) is 5.69 Å². The summed E-state index contributed by atoms with van der Waals surface area (Å²) in [5.41, 5.74) is 9.92. The third kappa shape index (κ3) is 2.22. The van der Waals surface area contributed by atoms with Gasteiger partial charge in [-0.3, -0.25) is 0 Å². The first-order valence-corrected chi connectivity index (χ1v) is 3.60. The molecule has 0 heterocycles. The molecule has 0 aliphatic carbocycles. The van der Waals surface area contributed by atoms with Crippen LogP contribution in [0.3, 0.4) is 0 Å². The monoisotopic (exact) mass is 204 g/mol. The number of rotatable bonds is 1. The predicted molar refractivity (Wildman–Crippen MR) is 46.0 cm³/mol. The molecule has 0 atom stereocenters. The number of carbonyl (C=O) groups is 1. The van der Waals surface area contributed by atoms with Crippen molar-refractivity contribution in [2.75, 3.05) is 5.73 Å². The largest absolute Gasteiger partial charge is 0.410 e. The molecule has 0 bridgehead atoms. The molecule has 0 spiro atoms. The smallest absolute Gasteiger partial charge is 0.405 e. The molecule has 13 heavy (non-hydrogen) atoms. The lowest BCUT2D eigenvalue weighted by molar-refractivity contribution is 0.209. The quantitative estimate of drug-likeness (QED) is 0.681. The Morgan fingerprint density at radius 3 is 2.62 bits per heavy atom. The van der Waals surface area contributed by atoms with Crippen LogP contribution in [0.25, 0.3) is 0 Å². The van der Waals surface area contributed by atoms with Gasteiger partial charge in [-0.15, -0.1) is 0 Å². The molecule has 70 valence electrons. The number of primary amides is 1. The summed E-state index contributed by atoms with van der Waals surface area (Å²) >= 11 is 5.47. The second-order valence-electron chi connectivity index (χ2n) is 2.23. The Morgan fingerprint density at radius 1 is 1.54 bits per heavy atom. The van der Waals surface area contributed by atoms with E-state index in [0.29, 0.717) is 0 Å². The van der Waals surface area contributed by atoms with E-state index in [1.54, 1.807) is 0 Å². The molecule has 0 aliphatic heterocycles. The van der Waals surface area contributed by atoms with Gasteiger partial charge in [0.1, 0.15) is 0 Å². The number of ether oxygens (including phenoxy) is 1. The van der Waals surface area contributed by atoms with Gasteiger partial charge in [-0.2, -0.15) is 0 Å². The van der Waals surface area contributed by atoms with Crippen LogP contribution in [0, 0.1) is 5.82 Å². The summed E-state index contributed by atoms with van der Waals surface area (Å²) in [6, 6.07) is 2.22. The van der Waals surface area contributed by atoms with Gasteiger partial charge >= 0.3 is 6.09 Å². The van der Waals surface area contributed by atoms with E-state index in [1.165, 1.54) is 6.07 Å². The van der Waals surface area contributed by atoms with Crippen molar-refractivity contribution in [2.24, 2.45) is 5.73 Å². The van der Waals surface area contributed by atoms with Crippen LogP contribution in [0.2, 0.25) is 5.02 Å². The van der Waals surface area contributed by atoms with Gasteiger partial charge < -0.3 is 16.2 Å². The SMILES string of the molecule is NC(=O)Oc1c(N)cc(Cl)cc1F. The summed E-state index contributed by atoms with van der Waals surface area (Å²) < 4.78 is 17.3. The van der Waals surface area contributed by atoms with Gasteiger partial charge in [-0.05, 0) is 12.1 Å². The van der Waals surface area contributed by atoms with Crippen molar-refractivity contribution in [1.82, 2.24) is 0 Å².